The van der Waals surface area contributed by atoms with E-state index in [0.29, 0.717) is 22.4 Å². The van der Waals surface area contributed by atoms with Gasteiger partial charge in [-0.1, -0.05) is 35.9 Å². The zero-order valence-corrected chi connectivity index (χ0v) is 19.5. The molecular formula is C27H20IrN4O-2. The minimum Gasteiger partial charge on any atom is -0.457 e. The SMILES string of the molecule is [2H]C([2H])([2H])c1nc(C([2H])([2H])[2H])n2c1oc1cc[c-]c(-c3ccccn3)c12.[Ir].[c-]1ccccc1-c1ccccn1. The van der Waals surface area contributed by atoms with Crippen LogP contribution in [0.15, 0.2) is 89.6 Å². The second-order valence-electron chi connectivity index (χ2n) is 6.80. The second kappa shape index (κ2) is 9.90. The molecule has 0 amide bonds. The number of oxazole rings is 1. The van der Waals surface area contributed by atoms with Crippen LogP contribution in [-0.2, 0) is 20.1 Å². The number of nitrogens with zero attached hydrogens (tertiary/aromatic N) is 4. The minimum absolute atomic E-state index is 0. The molecule has 0 aliphatic heterocycles. The van der Waals surface area contributed by atoms with Gasteiger partial charge in [0.25, 0.3) is 0 Å². The summed E-state index contributed by atoms with van der Waals surface area (Å²) in [7, 11) is 0. The van der Waals surface area contributed by atoms with E-state index in [0.717, 1.165) is 11.3 Å². The van der Waals surface area contributed by atoms with Crippen molar-refractivity contribution in [1.82, 2.24) is 19.4 Å². The summed E-state index contributed by atoms with van der Waals surface area (Å²) >= 11 is 0. The number of pyridine rings is 2. The van der Waals surface area contributed by atoms with Crippen LogP contribution in [-0.4, -0.2) is 19.4 Å². The van der Waals surface area contributed by atoms with Crippen LogP contribution < -0.4 is 0 Å². The fraction of sp³-hybridized carbons (Fsp3) is 0.0741. The van der Waals surface area contributed by atoms with Crippen LogP contribution >= 0.6 is 0 Å². The van der Waals surface area contributed by atoms with E-state index in [-0.39, 0.29) is 37.3 Å². The molecule has 0 saturated heterocycles. The van der Waals surface area contributed by atoms with E-state index in [4.69, 9.17) is 12.6 Å². The van der Waals surface area contributed by atoms with Gasteiger partial charge in [-0.3, -0.25) is 0 Å². The molecule has 6 aromatic rings. The van der Waals surface area contributed by atoms with E-state index >= 15 is 0 Å². The van der Waals surface area contributed by atoms with Crippen molar-refractivity contribution in [2.75, 3.05) is 0 Å². The Balaban J connectivity index is 0.000000228. The number of rotatable bonds is 2. The van der Waals surface area contributed by atoms with Gasteiger partial charge in [0.15, 0.2) is 0 Å². The van der Waals surface area contributed by atoms with Crippen molar-refractivity contribution in [3.8, 4) is 22.5 Å². The van der Waals surface area contributed by atoms with E-state index < -0.39 is 13.7 Å². The molecule has 0 saturated carbocycles. The molecule has 4 heterocycles. The smallest absolute Gasteiger partial charge is 0.217 e. The normalized spacial score (nSPS) is 13.9. The van der Waals surface area contributed by atoms with Gasteiger partial charge < -0.3 is 18.8 Å². The van der Waals surface area contributed by atoms with Crippen LogP contribution in [0.1, 0.15) is 19.7 Å². The fourth-order valence-electron chi connectivity index (χ4n) is 3.37. The zero-order chi connectivity index (χ0) is 26.9. The fourth-order valence-corrected chi connectivity index (χ4v) is 3.37. The molecule has 0 bridgehead atoms. The Morgan fingerprint density at radius 2 is 1.64 bits per heavy atom. The molecule has 33 heavy (non-hydrogen) atoms. The van der Waals surface area contributed by atoms with Gasteiger partial charge in [-0.25, -0.2) is 4.98 Å². The van der Waals surface area contributed by atoms with Gasteiger partial charge in [-0.05, 0) is 37.2 Å². The van der Waals surface area contributed by atoms with Crippen LogP contribution in [0.3, 0.4) is 0 Å². The standard InChI is InChI=1S/C16H12N3O.C11H8N.Ir/c1-10-16-19(11(2)18-10)15-12(6-5-8-14(15)20-16)13-7-3-4-9-17-13;1-2-6-10(7-3-1)11-8-4-5-9-12-11;/h3-5,7-9H,1-2H3;1-6,8-9H;/q2*-1;/i1D3,2D3;;. The third-order valence-corrected chi connectivity index (χ3v) is 4.77. The molecule has 0 unspecified atom stereocenters. The number of aromatic nitrogens is 4. The predicted molar refractivity (Wildman–Crippen MR) is 125 cm³/mol. The molecule has 0 N–H and O–H groups in total. The number of hydrogen-bond donors (Lipinski definition) is 0. The average Bonchev–Trinajstić information content (AvgIpc) is 3.48. The Kier molecular flexibility index (Phi) is 4.83. The van der Waals surface area contributed by atoms with Crippen LogP contribution in [0.4, 0.5) is 0 Å². The van der Waals surface area contributed by atoms with Gasteiger partial charge in [-0.2, -0.15) is 0 Å². The summed E-state index contributed by atoms with van der Waals surface area (Å²) in [5, 5.41) is 0. The third-order valence-electron chi connectivity index (χ3n) is 4.77. The molecule has 6 rings (SSSR count). The molecule has 6 heteroatoms. The monoisotopic (exact) mass is 615 g/mol. The van der Waals surface area contributed by atoms with E-state index in [1.54, 1.807) is 42.7 Å². The molecule has 165 valence electrons. The molecule has 0 atom stereocenters. The molecule has 5 nitrogen and oxygen atoms in total. The summed E-state index contributed by atoms with van der Waals surface area (Å²) in [4.78, 5) is 12.4. The first-order valence-electron chi connectivity index (χ1n) is 12.8. The minimum atomic E-state index is -2.62. The van der Waals surface area contributed by atoms with Crippen molar-refractivity contribution in [3.63, 3.8) is 0 Å². The topological polar surface area (TPSA) is 56.2 Å². The first-order valence-corrected chi connectivity index (χ1v) is 9.81. The van der Waals surface area contributed by atoms with Gasteiger partial charge in [0.2, 0.25) is 5.71 Å². The van der Waals surface area contributed by atoms with Gasteiger partial charge >= 0.3 is 0 Å². The van der Waals surface area contributed by atoms with Crippen molar-refractivity contribution in [1.29, 1.82) is 0 Å². The molecule has 0 aliphatic rings. The Hall–Kier alpha value is -3.60. The quantitative estimate of drug-likeness (QED) is 0.221. The van der Waals surface area contributed by atoms with E-state index in [2.05, 4.69) is 27.1 Å². The summed E-state index contributed by atoms with van der Waals surface area (Å²) in [6.07, 6.45) is 3.39. The van der Waals surface area contributed by atoms with Crippen molar-refractivity contribution >= 4 is 16.8 Å². The molecule has 0 spiro atoms. The Labute approximate surface area is 213 Å². The summed E-state index contributed by atoms with van der Waals surface area (Å²) in [6.45, 7) is -5.24. The van der Waals surface area contributed by atoms with Crippen molar-refractivity contribution < 1.29 is 32.7 Å². The number of fused-ring (bicyclic) bond motifs is 3. The van der Waals surface area contributed by atoms with Crippen LogP contribution in [0, 0.1) is 25.8 Å². The van der Waals surface area contributed by atoms with Crippen LogP contribution in [0.5, 0.6) is 0 Å². The summed E-state index contributed by atoms with van der Waals surface area (Å²) in [5.41, 5.74) is 3.28. The van der Waals surface area contributed by atoms with Crippen LogP contribution in [0.2, 0.25) is 0 Å². The van der Waals surface area contributed by atoms with Gasteiger partial charge in [0, 0.05) is 46.2 Å². The van der Waals surface area contributed by atoms with Crippen LogP contribution in [0.25, 0.3) is 39.3 Å². The zero-order valence-electron chi connectivity index (χ0n) is 23.1. The molecule has 4 aromatic heterocycles. The van der Waals surface area contributed by atoms with Crippen molar-refractivity contribution in [2.24, 2.45) is 0 Å². The summed E-state index contributed by atoms with van der Waals surface area (Å²) < 4.78 is 53.2. The maximum absolute atomic E-state index is 7.76. The Bertz CT molecular complexity index is 1640. The van der Waals surface area contributed by atoms with E-state index in [1.165, 1.54) is 4.40 Å². The predicted octanol–water partition coefficient (Wildman–Crippen LogP) is 6.11. The maximum Gasteiger partial charge on any atom is 0.217 e. The number of imidazole rings is 1. The maximum atomic E-state index is 7.76. The van der Waals surface area contributed by atoms with E-state index in [9.17, 15) is 0 Å². The Morgan fingerprint density at radius 1 is 0.848 bits per heavy atom. The molecule has 0 aliphatic carbocycles. The summed E-state index contributed by atoms with van der Waals surface area (Å²) in [5.74, 6) is -0.367. The number of hydrogen-bond acceptors (Lipinski definition) is 4. The first-order chi connectivity index (χ1) is 18.1. The summed E-state index contributed by atoms with van der Waals surface area (Å²) in [6, 6.07) is 28.4. The van der Waals surface area contributed by atoms with Crippen molar-refractivity contribution in [3.05, 3.63) is 109 Å². The number of aryl methyl sites for hydroxylation is 2. The largest absolute Gasteiger partial charge is 0.457 e. The number of benzene rings is 2. The Morgan fingerprint density at radius 3 is 2.30 bits per heavy atom. The molecule has 0 fully saturated rings. The van der Waals surface area contributed by atoms with E-state index in [1.807, 2.05) is 42.5 Å². The van der Waals surface area contributed by atoms with Gasteiger partial charge in [0.1, 0.15) is 5.82 Å². The second-order valence-corrected chi connectivity index (χ2v) is 6.80. The molecule has 1 radical (unpaired) electrons. The molecule has 2 aromatic carbocycles. The average molecular weight is 615 g/mol. The molecular weight excluding hydrogens is 589 g/mol. The first kappa shape index (κ1) is 16.1. The third kappa shape index (κ3) is 4.49. The van der Waals surface area contributed by atoms with Gasteiger partial charge in [0.05, 0.1) is 11.3 Å². The van der Waals surface area contributed by atoms with Gasteiger partial charge in [-0.15, -0.1) is 48.0 Å². The van der Waals surface area contributed by atoms with Crippen molar-refractivity contribution in [2.45, 2.75) is 13.7 Å².